The summed E-state index contributed by atoms with van der Waals surface area (Å²) < 4.78 is 29.9. The lowest BCUT2D eigenvalue weighted by atomic mass is 10.2. The van der Waals surface area contributed by atoms with E-state index in [0.717, 1.165) is 16.8 Å². The van der Waals surface area contributed by atoms with Crippen LogP contribution in [-0.4, -0.2) is 42.5 Å². The summed E-state index contributed by atoms with van der Waals surface area (Å²) in [5.41, 5.74) is 2.87. The summed E-state index contributed by atoms with van der Waals surface area (Å²) >= 11 is 1.49. The lowest BCUT2D eigenvalue weighted by molar-refractivity contribution is -0.148. The summed E-state index contributed by atoms with van der Waals surface area (Å²) in [4.78, 5) is 16.7. The third kappa shape index (κ3) is 4.26. The molecule has 1 aliphatic heterocycles. The van der Waals surface area contributed by atoms with Crippen LogP contribution >= 0.6 is 11.3 Å². The van der Waals surface area contributed by atoms with Gasteiger partial charge in [-0.15, -0.1) is 11.3 Å². The van der Waals surface area contributed by atoms with Crippen LogP contribution in [0.5, 0.6) is 0 Å². The fraction of sp³-hybridized carbons (Fsp3) is 0.412. The minimum absolute atomic E-state index is 0.0509. The van der Waals surface area contributed by atoms with E-state index in [-0.39, 0.29) is 6.61 Å². The molecule has 0 aliphatic carbocycles. The molecule has 1 aromatic carbocycles. The first-order chi connectivity index (χ1) is 11.8. The van der Waals surface area contributed by atoms with Crippen molar-refractivity contribution < 1.29 is 17.9 Å². The maximum Gasteiger partial charge on any atom is 0.324 e. The Morgan fingerprint density at radius 2 is 2.08 bits per heavy atom. The second-order valence-corrected chi connectivity index (χ2v) is 8.94. The van der Waals surface area contributed by atoms with E-state index in [2.05, 4.69) is 4.98 Å². The zero-order chi connectivity index (χ0) is 18.0. The maximum absolute atomic E-state index is 12.2. The molecule has 1 fully saturated rings. The van der Waals surface area contributed by atoms with Crippen molar-refractivity contribution in [3.63, 3.8) is 0 Å². The van der Waals surface area contributed by atoms with Crippen molar-refractivity contribution in [2.75, 3.05) is 12.8 Å². The first-order valence-electron chi connectivity index (χ1n) is 7.99. The summed E-state index contributed by atoms with van der Waals surface area (Å²) in [7, 11) is -3.40. The molecule has 0 unspecified atom stereocenters. The molecule has 0 spiro atoms. The van der Waals surface area contributed by atoms with Gasteiger partial charge in [-0.3, -0.25) is 4.79 Å². The number of carbonyl (C=O) groups is 1. The van der Waals surface area contributed by atoms with Crippen LogP contribution in [-0.2, 0) is 26.2 Å². The summed E-state index contributed by atoms with van der Waals surface area (Å²) in [6.45, 7) is 2.45. The van der Waals surface area contributed by atoms with E-state index < -0.39 is 22.0 Å². The number of thiazole rings is 1. The van der Waals surface area contributed by atoms with E-state index in [0.29, 0.717) is 25.1 Å². The molecular formula is C17H20N2O4S2. The van der Waals surface area contributed by atoms with Crippen LogP contribution in [0.3, 0.4) is 0 Å². The molecule has 3 rings (SSSR count). The second-order valence-electron chi connectivity index (χ2n) is 6.15. The van der Waals surface area contributed by atoms with Gasteiger partial charge in [0.05, 0.1) is 11.9 Å². The third-order valence-corrected chi connectivity index (χ3v) is 6.34. The molecule has 2 aromatic rings. The van der Waals surface area contributed by atoms with Crippen molar-refractivity contribution >= 4 is 27.3 Å². The van der Waals surface area contributed by atoms with E-state index in [1.54, 1.807) is 0 Å². The van der Waals surface area contributed by atoms with Crippen LogP contribution in [0.15, 0.2) is 29.6 Å². The average Bonchev–Trinajstić information content (AvgIpc) is 3.22. The Balaban J connectivity index is 1.62. The van der Waals surface area contributed by atoms with Crippen LogP contribution in [0.1, 0.15) is 24.1 Å². The Labute approximate surface area is 151 Å². The lowest BCUT2D eigenvalue weighted by Gasteiger charge is -2.20. The van der Waals surface area contributed by atoms with Crippen molar-refractivity contribution in [3.8, 4) is 10.6 Å². The van der Waals surface area contributed by atoms with Crippen LogP contribution in [0.4, 0.5) is 0 Å². The Kier molecular flexibility index (Phi) is 5.21. The number of esters is 1. The summed E-state index contributed by atoms with van der Waals surface area (Å²) in [5.74, 6) is -0.507. The molecule has 134 valence electrons. The monoisotopic (exact) mass is 380 g/mol. The Morgan fingerprint density at radius 1 is 1.36 bits per heavy atom. The summed E-state index contributed by atoms with van der Waals surface area (Å²) in [6.07, 6.45) is 2.28. The Hall–Kier alpha value is -1.77. The van der Waals surface area contributed by atoms with Gasteiger partial charge in [-0.05, 0) is 19.8 Å². The number of hydrogen-bond donors (Lipinski definition) is 0. The standard InChI is InChI=1S/C17H20N2O4S2/c1-12-5-7-13(8-6-12)16-18-14(11-24-16)10-23-17(20)15-4-3-9-19(15)25(2,21)22/h5-8,11,15H,3-4,9-10H2,1-2H3/t15-/m0/s1. The van der Waals surface area contributed by atoms with Gasteiger partial charge in [-0.1, -0.05) is 29.8 Å². The van der Waals surface area contributed by atoms with E-state index in [1.165, 1.54) is 21.2 Å². The quantitative estimate of drug-likeness (QED) is 0.745. The molecule has 1 aromatic heterocycles. The van der Waals surface area contributed by atoms with Crippen molar-refractivity contribution in [3.05, 3.63) is 40.9 Å². The number of hydrogen-bond acceptors (Lipinski definition) is 6. The molecule has 0 bridgehead atoms. The molecule has 0 saturated carbocycles. The van der Waals surface area contributed by atoms with Crippen molar-refractivity contribution in [1.29, 1.82) is 0 Å². The predicted molar refractivity (Wildman–Crippen MR) is 96.7 cm³/mol. The third-order valence-electron chi connectivity index (χ3n) is 4.11. The number of aryl methyl sites for hydroxylation is 1. The van der Waals surface area contributed by atoms with Gasteiger partial charge in [0.1, 0.15) is 17.7 Å². The molecule has 2 heterocycles. The highest BCUT2D eigenvalue weighted by Gasteiger charge is 2.37. The van der Waals surface area contributed by atoms with Crippen LogP contribution in [0, 0.1) is 6.92 Å². The highest BCUT2D eigenvalue weighted by molar-refractivity contribution is 7.88. The second kappa shape index (κ2) is 7.23. The van der Waals surface area contributed by atoms with Crippen LogP contribution in [0.25, 0.3) is 10.6 Å². The van der Waals surface area contributed by atoms with Crippen molar-refractivity contribution in [2.45, 2.75) is 32.4 Å². The molecule has 1 atom stereocenters. The smallest absolute Gasteiger partial charge is 0.324 e. The number of carbonyl (C=O) groups excluding carboxylic acids is 1. The highest BCUT2D eigenvalue weighted by atomic mass is 32.2. The lowest BCUT2D eigenvalue weighted by Crippen LogP contribution is -2.40. The molecule has 0 radical (unpaired) electrons. The van der Waals surface area contributed by atoms with Gasteiger partial charge in [0.2, 0.25) is 10.0 Å². The molecule has 1 aliphatic rings. The molecule has 1 saturated heterocycles. The summed E-state index contributed by atoms with van der Waals surface area (Å²) in [6, 6.07) is 7.34. The van der Waals surface area contributed by atoms with Crippen molar-refractivity contribution in [1.82, 2.24) is 9.29 Å². The Bertz CT molecular complexity index is 859. The van der Waals surface area contributed by atoms with Gasteiger partial charge in [-0.25, -0.2) is 13.4 Å². The normalized spacial score (nSPS) is 18.4. The number of benzene rings is 1. The fourth-order valence-electron chi connectivity index (χ4n) is 2.82. The topological polar surface area (TPSA) is 76.6 Å². The molecule has 6 nitrogen and oxygen atoms in total. The number of aromatic nitrogens is 1. The number of nitrogens with zero attached hydrogens (tertiary/aromatic N) is 2. The number of rotatable bonds is 5. The van der Waals surface area contributed by atoms with E-state index in [1.807, 2.05) is 36.6 Å². The molecular weight excluding hydrogens is 360 g/mol. The molecule has 8 heteroatoms. The zero-order valence-corrected chi connectivity index (χ0v) is 15.8. The largest absolute Gasteiger partial charge is 0.458 e. The van der Waals surface area contributed by atoms with Gasteiger partial charge >= 0.3 is 5.97 Å². The number of sulfonamides is 1. The zero-order valence-electron chi connectivity index (χ0n) is 14.1. The first kappa shape index (κ1) is 18.0. The maximum atomic E-state index is 12.2. The molecule has 0 amide bonds. The number of ether oxygens (including phenoxy) is 1. The van der Waals surface area contributed by atoms with Crippen LogP contribution < -0.4 is 0 Å². The van der Waals surface area contributed by atoms with Gasteiger partial charge in [0, 0.05) is 17.5 Å². The summed E-state index contributed by atoms with van der Waals surface area (Å²) in [5, 5.41) is 2.72. The molecule has 0 N–H and O–H groups in total. The Morgan fingerprint density at radius 3 is 2.76 bits per heavy atom. The van der Waals surface area contributed by atoms with E-state index >= 15 is 0 Å². The van der Waals surface area contributed by atoms with Gasteiger partial charge < -0.3 is 4.74 Å². The van der Waals surface area contributed by atoms with E-state index in [4.69, 9.17) is 4.74 Å². The fourth-order valence-corrected chi connectivity index (χ4v) is 4.74. The van der Waals surface area contributed by atoms with E-state index in [9.17, 15) is 13.2 Å². The van der Waals surface area contributed by atoms with Crippen LogP contribution in [0.2, 0.25) is 0 Å². The SMILES string of the molecule is Cc1ccc(-c2nc(COC(=O)[C@@H]3CCCN3S(C)(=O)=O)cs2)cc1. The predicted octanol–water partition coefficient (Wildman–Crippen LogP) is 2.59. The first-order valence-corrected chi connectivity index (χ1v) is 10.7. The highest BCUT2D eigenvalue weighted by Crippen LogP contribution is 2.25. The van der Waals surface area contributed by atoms with Gasteiger partial charge in [0.15, 0.2) is 0 Å². The molecule has 25 heavy (non-hydrogen) atoms. The minimum Gasteiger partial charge on any atom is -0.458 e. The van der Waals surface area contributed by atoms with Crippen molar-refractivity contribution in [2.24, 2.45) is 0 Å². The van der Waals surface area contributed by atoms with Gasteiger partial charge in [0.25, 0.3) is 0 Å². The van der Waals surface area contributed by atoms with Gasteiger partial charge in [-0.2, -0.15) is 4.31 Å². The minimum atomic E-state index is -3.40. The average molecular weight is 380 g/mol.